The van der Waals surface area contributed by atoms with Gasteiger partial charge in [0.25, 0.3) is 5.91 Å². The Hall–Kier alpha value is -2.29. The number of nitrogens with one attached hydrogen (secondary N) is 1. The normalized spacial score (nSPS) is 15.7. The number of hydrogen-bond donors (Lipinski definition) is 1. The molecule has 2 aromatic rings. The SMILES string of the molecule is O=C(Nc1cccc(S(=O)(=O)N2CCOCC2)c1)c1cccc(F)c1. The molecule has 6 nitrogen and oxygen atoms in total. The zero-order valence-corrected chi connectivity index (χ0v) is 14.1. The summed E-state index contributed by atoms with van der Waals surface area (Å²) in [6, 6.07) is 11.3. The summed E-state index contributed by atoms with van der Waals surface area (Å²) in [6.45, 7) is 1.30. The molecule has 3 rings (SSSR count). The van der Waals surface area contributed by atoms with Crippen LogP contribution in [-0.2, 0) is 14.8 Å². The van der Waals surface area contributed by atoms with Gasteiger partial charge in [-0.15, -0.1) is 0 Å². The first kappa shape index (κ1) is 17.5. The van der Waals surface area contributed by atoms with Crippen molar-refractivity contribution in [2.24, 2.45) is 0 Å². The van der Waals surface area contributed by atoms with E-state index in [2.05, 4.69) is 5.32 Å². The molecular weight excluding hydrogens is 347 g/mol. The molecule has 0 spiro atoms. The molecule has 0 bridgehead atoms. The van der Waals surface area contributed by atoms with E-state index in [4.69, 9.17) is 4.74 Å². The summed E-state index contributed by atoms with van der Waals surface area (Å²) in [5, 5.41) is 2.59. The minimum absolute atomic E-state index is 0.0893. The lowest BCUT2D eigenvalue weighted by Crippen LogP contribution is -2.40. The van der Waals surface area contributed by atoms with E-state index in [1.165, 1.54) is 34.6 Å². The van der Waals surface area contributed by atoms with Crippen molar-refractivity contribution < 1.29 is 22.3 Å². The van der Waals surface area contributed by atoms with Gasteiger partial charge in [0.05, 0.1) is 18.1 Å². The van der Waals surface area contributed by atoms with Crippen LogP contribution in [-0.4, -0.2) is 44.9 Å². The Morgan fingerprint density at radius 1 is 1.08 bits per heavy atom. The minimum atomic E-state index is -3.65. The third-order valence-corrected chi connectivity index (χ3v) is 5.68. The summed E-state index contributed by atoms with van der Waals surface area (Å²) >= 11 is 0. The number of hydrogen-bond acceptors (Lipinski definition) is 4. The van der Waals surface area contributed by atoms with Crippen molar-refractivity contribution in [3.05, 3.63) is 59.9 Å². The fourth-order valence-corrected chi connectivity index (χ4v) is 3.96. The number of amides is 1. The lowest BCUT2D eigenvalue weighted by atomic mass is 10.2. The summed E-state index contributed by atoms with van der Waals surface area (Å²) in [5.74, 6) is -1.03. The van der Waals surface area contributed by atoms with E-state index in [-0.39, 0.29) is 10.5 Å². The van der Waals surface area contributed by atoms with E-state index < -0.39 is 21.7 Å². The van der Waals surface area contributed by atoms with Gasteiger partial charge in [-0.05, 0) is 36.4 Å². The van der Waals surface area contributed by atoms with Gasteiger partial charge in [-0.3, -0.25) is 4.79 Å². The number of rotatable bonds is 4. The highest BCUT2D eigenvalue weighted by Crippen LogP contribution is 2.21. The molecule has 0 atom stereocenters. The Morgan fingerprint density at radius 2 is 1.80 bits per heavy atom. The molecule has 25 heavy (non-hydrogen) atoms. The number of ether oxygens (including phenoxy) is 1. The van der Waals surface area contributed by atoms with Crippen LogP contribution in [0.2, 0.25) is 0 Å². The highest BCUT2D eigenvalue weighted by molar-refractivity contribution is 7.89. The fraction of sp³-hybridized carbons (Fsp3) is 0.235. The molecule has 1 aliphatic rings. The van der Waals surface area contributed by atoms with E-state index in [9.17, 15) is 17.6 Å². The summed E-state index contributed by atoms with van der Waals surface area (Å²) in [4.78, 5) is 12.3. The standard InChI is InChI=1S/C17H17FN2O4S/c18-14-4-1-3-13(11-14)17(21)19-15-5-2-6-16(12-15)25(22,23)20-7-9-24-10-8-20/h1-6,11-12H,7-10H2,(H,19,21). The first-order chi connectivity index (χ1) is 12.0. The summed E-state index contributed by atoms with van der Waals surface area (Å²) in [7, 11) is -3.65. The monoisotopic (exact) mass is 364 g/mol. The average Bonchev–Trinajstić information content (AvgIpc) is 2.62. The number of carbonyl (C=O) groups is 1. The second kappa shape index (κ2) is 7.30. The molecule has 1 heterocycles. The van der Waals surface area contributed by atoms with Crippen LogP contribution < -0.4 is 5.32 Å². The molecule has 0 saturated carbocycles. The molecule has 0 radical (unpaired) electrons. The molecule has 1 fully saturated rings. The van der Waals surface area contributed by atoms with Gasteiger partial charge in [-0.2, -0.15) is 4.31 Å². The van der Waals surface area contributed by atoms with Crippen LogP contribution >= 0.6 is 0 Å². The first-order valence-electron chi connectivity index (χ1n) is 7.72. The molecule has 2 aromatic carbocycles. The second-order valence-corrected chi connectivity index (χ2v) is 7.45. The molecule has 1 amide bonds. The van der Waals surface area contributed by atoms with Crippen molar-refractivity contribution in [2.45, 2.75) is 4.90 Å². The van der Waals surface area contributed by atoms with Gasteiger partial charge >= 0.3 is 0 Å². The maximum Gasteiger partial charge on any atom is 0.255 e. The van der Waals surface area contributed by atoms with Gasteiger partial charge in [0, 0.05) is 24.3 Å². The quantitative estimate of drug-likeness (QED) is 0.901. The Bertz CT molecular complexity index is 880. The second-order valence-electron chi connectivity index (χ2n) is 5.51. The molecule has 1 aliphatic heterocycles. The molecule has 8 heteroatoms. The summed E-state index contributed by atoms with van der Waals surface area (Å²) in [6.07, 6.45) is 0. The van der Waals surface area contributed by atoms with Crippen LogP contribution in [0.25, 0.3) is 0 Å². The summed E-state index contributed by atoms with van der Waals surface area (Å²) < 4.78 is 45.0. The molecule has 0 aromatic heterocycles. The minimum Gasteiger partial charge on any atom is -0.379 e. The highest BCUT2D eigenvalue weighted by Gasteiger charge is 2.26. The van der Waals surface area contributed by atoms with Crippen molar-refractivity contribution in [1.82, 2.24) is 4.31 Å². The highest BCUT2D eigenvalue weighted by atomic mass is 32.2. The van der Waals surface area contributed by atoms with Crippen LogP contribution in [0.4, 0.5) is 10.1 Å². The number of halogens is 1. The lowest BCUT2D eigenvalue weighted by molar-refractivity contribution is 0.0730. The van der Waals surface area contributed by atoms with E-state index in [0.29, 0.717) is 32.0 Å². The van der Waals surface area contributed by atoms with Gasteiger partial charge < -0.3 is 10.1 Å². The van der Waals surface area contributed by atoms with Crippen LogP contribution in [0.3, 0.4) is 0 Å². The largest absolute Gasteiger partial charge is 0.379 e. The number of morpholine rings is 1. The van der Waals surface area contributed by atoms with Gasteiger partial charge in [-0.1, -0.05) is 12.1 Å². The zero-order chi connectivity index (χ0) is 17.9. The van der Waals surface area contributed by atoms with Crippen LogP contribution in [0.1, 0.15) is 10.4 Å². The zero-order valence-electron chi connectivity index (χ0n) is 13.3. The van der Waals surface area contributed by atoms with Gasteiger partial charge in [0.2, 0.25) is 10.0 Å². The molecule has 1 saturated heterocycles. The van der Waals surface area contributed by atoms with Crippen LogP contribution in [0, 0.1) is 5.82 Å². The van der Waals surface area contributed by atoms with Crippen LogP contribution in [0.5, 0.6) is 0 Å². The Kier molecular flexibility index (Phi) is 5.12. The summed E-state index contributed by atoms with van der Waals surface area (Å²) in [5.41, 5.74) is 0.477. The molecular formula is C17H17FN2O4S. The Morgan fingerprint density at radius 3 is 2.52 bits per heavy atom. The number of benzene rings is 2. The van der Waals surface area contributed by atoms with Gasteiger partial charge in [-0.25, -0.2) is 12.8 Å². The van der Waals surface area contributed by atoms with E-state index in [0.717, 1.165) is 6.07 Å². The maximum atomic E-state index is 13.2. The van der Waals surface area contributed by atoms with Crippen molar-refractivity contribution >= 4 is 21.6 Å². The number of carbonyl (C=O) groups excluding carboxylic acids is 1. The van der Waals surface area contributed by atoms with E-state index >= 15 is 0 Å². The number of sulfonamides is 1. The predicted octanol–water partition coefficient (Wildman–Crippen LogP) is 2.10. The van der Waals surface area contributed by atoms with Crippen molar-refractivity contribution in [3.8, 4) is 0 Å². The fourth-order valence-electron chi connectivity index (χ4n) is 2.50. The maximum absolute atomic E-state index is 13.2. The number of nitrogens with zero attached hydrogens (tertiary/aromatic N) is 1. The lowest BCUT2D eigenvalue weighted by Gasteiger charge is -2.26. The Balaban J connectivity index is 1.80. The predicted molar refractivity (Wildman–Crippen MR) is 90.4 cm³/mol. The topological polar surface area (TPSA) is 75.7 Å². The molecule has 1 N–H and O–H groups in total. The number of anilines is 1. The van der Waals surface area contributed by atoms with Crippen molar-refractivity contribution in [1.29, 1.82) is 0 Å². The van der Waals surface area contributed by atoms with E-state index in [1.807, 2.05) is 0 Å². The van der Waals surface area contributed by atoms with Crippen LogP contribution in [0.15, 0.2) is 53.4 Å². The van der Waals surface area contributed by atoms with Gasteiger partial charge in [0.15, 0.2) is 0 Å². The van der Waals surface area contributed by atoms with E-state index in [1.54, 1.807) is 12.1 Å². The van der Waals surface area contributed by atoms with Gasteiger partial charge in [0.1, 0.15) is 5.82 Å². The molecule has 0 unspecified atom stereocenters. The molecule has 132 valence electrons. The smallest absolute Gasteiger partial charge is 0.255 e. The first-order valence-corrected chi connectivity index (χ1v) is 9.16. The Labute approximate surface area is 145 Å². The third-order valence-electron chi connectivity index (χ3n) is 3.79. The third kappa shape index (κ3) is 4.04. The average molecular weight is 364 g/mol. The van der Waals surface area contributed by atoms with Crippen molar-refractivity contribution in [2.75, 3.05) is 31.6 Å². The van der Waals surface area contributed by atoms with Crippen molar-refractivity contribution in [3.63, 3.8) is 0 Å². The molecule has 0 aliphatic carbocycles.